The lowest BCUT2D eigenvalue weighted by Crippen LogP contribution is -2.33. The summed E-state index contributed by atoms with van der Waals surface area (Å²) in [6.07, 6.45) is 0.787. The standard InChI is InChI=1S/C20H23FN2O3/c1-15(24)23(13-11-16-7-9-17(21)10-8-16)14-12-20(25)22-18-5-3-4-6-19(18)26-2/h3-10H,11-14H2,1-2H3,(H,22,25). The van der Waals surface area contributed by atoms with Crippen molar-refractivity contribution in [1.29, 1.82) is 0 Å². The van der Waals surface area contributed by atoms with Gasteiger partial charge < -0.3 is 15.0 Å². The molecule has 0 fully saturated rings. The third kappa shape index (κ3) is 5.88. The van der Waals surface area contributed by atoms with E-state index in [2.05, 4.69) is 5.32 Å². The van der Waals surface area contributed by atoms with Crippen LogP contribution in [0.15, 0.2) is 48.5 Å². The zero-order chi connectivity index (χ0) is 18.9. The van der Waals surface area contributed by atoms with E-state index in [1.807, 2.05) is 12.1 Å². The van der Waals surface area contributed by atoms with Gasteiger partial charge in [0.05, 0.1) is 12.8 Å². The van der Waals surface area contributed by atoms with Gasteiger partial charge in [-0.3, -0.25) is 9.59 Å². The first-order valence-electron chi connectivity index (χ1n) is 8.42. The summed E-state index contributed by atoms with van der Waals surface area (Å²) < 4.78 is 18.1. The molecular formula is C20H23FN2O3. The summed E-state index contributed by atoms with van der Waals surface area (Å²) in [6, 6.07) is 13.3. The number of nitrogens with one attached hydrogen (secondary N) is 1. The Balaban J connectivity index is 1.86. The number of halogens is 1. The topological polar surface area (TPSA) is 58.6 Å². The van der Waals surface area contributed by atoms with Crippen molar-refractivity contribution in [3.63, 3.8) is 0 Å². The second-order valence-electron chi connectivity index (χ2n) is 5.88. The largest absolute Gasteiger partial charge is 0.495 e. The van der Waals surface area contributed by atoms with Gasteiger partial charge in [0, 0.05) is 26.4 Å². The van der Waals surface area contributed by atoms with Crippen LogP contribution in [0.2, 0.25) is 0 Å². The molecule has 0 radical (unpaired) electrons. The maximum atomic E-state index is 12.9. The highest BCUT2D eigenvalue weighted by molar-refractivity contribution is 5.92. The lowest BCUT2D eigenvalue weighted by Gasteiger charge is -2.21. The second-order valence-corrected chi connectivity index (χ2v) is 5.88. The quantitative estimate of drug-likeness (QED) is 0.788. The molecule has 0 aromatic heterocycles. The third-order valence-electron chi connectivity index (χ3n) is 4.02. The summed E-state index contributed by atoms with van der Waals surface area (Å²) in [6.45, 7) is 2.27. The Hall–Kier alpha value is -2.89. The van der Waals surface area contributed by atoms with E-state index in [1.54, 1.807) is 29.2 Å². The number of ether oxygens (including phenoxy) is 1. The first-order valence-corrected chi connectivity index (χ1v) is 8.42. The summed E-state index contributed by atoms with van der Waals surface area (Å²) in [5.74, 6) is 0.00510. The molecule has 26 heavy (non-hydrogen) atoms. The fourth-order valence-corrected chi connectivity index (χ4v) is 2.54. The molecule has 0 aliphatic carbocycles. The molecule has 0 aliphatic heterocycles. The molecule has 0 unspecified atom stereocenters. The molecule has 2 aromatic carbocycles. The number of para-hydroxylation sites is 2. The monoisotopic (exact) mass is 358 g/mol. The number of carbonyl (C=O) groups excluding carboxylic acids is 2. The number of anilines is 1. The van der Waals surface area contributed by atoms with Crippen LogP contribution in [0.3, 0.4) is 0 Å². The highest BCUT2D eigenvalue weighted by atomic mass is 19.1. The minimum absolute atomic E-state index is 0.0998. The van der Waals surface area contributed by atoms with Gasteiger partial charge in [0.1, 0.15) is 11.6 Å². The van der Waals surface area contributed by atoms with Crippen molar-refractivity contribution in [2.45, 2.75) is 19.8 Å². The van der Waals surface area contributed by atoms with E-state index >= 15 is 0 Å². The van der Waals surface area contributed by atoms with Gasteiger partial charge >= 0.3 is 0 Å². The Morgan fingerprint density at radius 2 is 1.77 bits per heavy atom. The highest BCUT2D eigenvalue weighted by Gasteiger charge is 2.12. The van der Waals surface area contributed by atoms with Gasteiger partial charge in [-0.05, 0) is 36.2 Å². The van der Waals surface area contributed by atoms with E-state index in [0.29, 0.717) is 30.9 Å². The van der Waals surface area contributed by atoms with Crippen molar-refractivity contribution in [3.05, 3.63) is 59.9 Å². The van der Waals surface area contributed by atoms with Crippen molar-refractivity contribution in [2.75, 3.05) is 25.5 Å². The Bertz CT molecular complexity index is 747. The van der Waals surface area contributed by atoms with Gasteiger partial charge in [-0.15, -0.1) is 0 Å². The Morgan fingerprint density at radius 1 is 1.08 bits per heavy atom. The van der Waals surface area contributed by atoms with Gasteiger partial charge in [-0.2, -0.15) is 0 Å². The maximum absolute atomic E-state index is 12.9. The van der Waals surface area contributed by atoms with E-state index < -0.39 is 0 Å². The summed E-state index contributed by atoms with van der Waals surface area (Å²) >= 11 is 0. The molecule has 5 nitrogen and oxygen atoms in total. The molecule has 6 heteroatoms. The second kappa shape index (κ2) is 9.56. The molecule has 0 spiro atoms. The molecule has 2 amide bonds. The number of rotatable bonds is 8. The van der Waals surface area contributed by atoms with Crippen molar-refractivity contribution in [2.24, 2.45) is 0 Å². The van der Waals surface area contributed by atoms with Crippen LogP contribution in [0.25, 0.3) is 0 Å². The van der Waals surface area contributed by atoms with Gasteiger partial charge in [-0.25, -0.2) is 4.39 Å². The lowest BCUT2D eigenvalue weighted by molar-refractivity contribution is -0.129. The smallest absolute Gasteiger partial charge is 0.226 e. The van der Waals surface area contributed by atoms with Crippen LogP contribution in [-0.2, 0) is 16.0 Å². The number of carbonyl (C=O) groups is 2. The van der Waals surface area contributed by atoms with Gasteiger partial charge in [-0.1, -0.05) is 24.3 Å². The van der Waals surface area contributed by atoms with Crippen LogP contribution in [0.4, 0.5) is 10.1 Å². The van der Waals surface area contributed by atoms with Crippen molar-refractivity contribution < 1.29 is 18.7 Å². The van der Waals surface area contributed by atoms with Crippen molar-refractivity contribution in [1.82, 2.24) is 4.90 Å². The average molecular weight is 358 g/mol. The van der Waals surface area contributed by atoms with Crippen molar-refractivity contribution in [3.8, 4) is 5.75 Å². The molecule has 0 bridgehead atoms. The van der Waals surface area contributed by atoms with Crippen LogP contribution in [0.1, 0.15) is 18.9 Å². The highest BCUT2D eigenvalue weighted by Crippen LogP contribution is 2.23. The molecule has 1 N–H and O–H groups in total. The molecule has 0 aliphatic rings. The molecule has 0 saturated carbocycles. The van der Waals surface area contributed by atoms with E-state index in [0.717, 1.165) is 5.56 Å². The number of hydrogen-bond acceptors (Lipinski definition) is 3. The van der Waals surface area contributed by atoms with Gasteiger partial charge in [0.15, 0.2) is 0 Å². The van der Waals surface area contributed by atoms with Crippen LogP contribution >= 0.6 is 0 Å². The van der Waals surface area contributed by atoms with Gasteiger partial charge in [0.25, 0.3) is 0 Å². The summed E-state index contributed by atoms with van der Waals surface area (Å²) in [7, 11) is 1.54. The summed E-state index contributed by atoms with van der Waals surface area (Å²) in [4.78, 5) is 25.6. The van der Waals surface area contributed by atoms with E-state index in [4.69, 9.17) is 4.74 Å². The van der Waals surface area contributed by atoms with Crippen molar-refractivity contribution >= 4 is 17.5 Å². The fourth-order valence-electron chi connectivity index (χ4n) is 2.54. The zero-order valence-corrected chi connectivity index (χ0v) is 15.0. The number of hydrogen-bond donors (Lipinski definition) is 1. The summed E-state index contributed by atoms with van der Waals surface area (Å²) in [5.41, 5.74) is 1.54. The van der Waals surface area contributed by atoms with E-state index in [9.17, 15) is 14.0 Å². The number of methoxy groups -OCH3 is 1. The van der Waals surface area contributed by atoms with Crippen LogP contribution < -0.4 is 10.1 Å². The van der Waals surface area contributed by atoms with Crippen LogP contribution in [0.5, 0.6) is 5.75 Å². The van der Waals surface area contributed by atoms with E-state index in [1.165, 1.54) is 26.2 Å². The number of amides is 2. The Kier molecular flexibility index (Phi) is 7.14. The SMILES string of the molecule is COc1ccccc1NC(=O)CCN(CCc1ccc(F)cc1)C(C)=O. The fraction of sp³-hybridized carbons (Fsp3) is 0.300. The predicted molar refractivity (Wildman–Crippen MR) is 98.6 cm³/mol. The normalized spacial score (nSPS) is 10.3. The maximum Gasteiger partial charge on any atom is 0.226 e. The lowest BCUT2D eigenvalue weighted by atomic mass is 10.1. The molecule has 2 aromatic rings. The minimum atomic E-state index is -0.287. The van der Waals surface area contributed by atoms with Crippen LogP contribution in [0, 0.1) is 5.82 Å². The molecule has 0 heterocycles. The number of benzene rings is 2. The number of nitrogens with zero attached hydrogens (tertiary/aromatic N) is 1. The van der Waals surface area contributed by atoms with Gasteiger partial charge in [0.2, 0.25) is 11.8 Å². The molecular weight excluding hydrogens is 335 g/mol. The Labute approximate surface area is 152 Å². The first kappa shape index (κ1) is 19.4. The third-order valence-corrected chi connectivity index (χ3v) is 4.02. The zero-order valence-electron chi connectivity index (χ0n) is 15.0. The van der Waals surface area contributed by atoms with E-state index in [-0.39, 0.29) is 24.1 Å². The molecule has 2 rings (SSSR count). The molecule has 0 saturated heterocycles. The first-order chi connectivity index (χ1) is 12.5. The molecule has 138 valence electrons. The minimum Gasteiger partial charge on any atom is -0.495 e. The Morgan fingerprint density at radius 3 is 2.42 bits per heavy atom. The summed E-state index contributed by atoms with van der Waals surface area (Å²) in [5, 5.41) is 2.79. The molecule has 0 atom stereocenters. The van der Waals surface area contributed by atoms with Crippen LogP contribution in [-0.4, -0.2) is 36.9 Å². The average Bonchev–Trinajstić information content (AvgIpc) is 2.63. The predicted octanol–water partition coefficient (Wildman–Crippen LogP) is 3.25.